The molecule has 1 fully saturated rings. The number of aromatic nitrogens is 1. The summed E-state index contributed by atoms with van der Waals surface area (Å²) in [5.74, 6) is 0.0626. The van der Waals surface area contributed by atoms with E-state index in [1.807, 2.05) is 24.0 Å². The highest BCUT2D eigenvalue weighted by Gasteiger charge is 2.26. The van der Waals surface area contributed by atoms with Crippen molar-refractivity contribution in [1.82, 2.24) is 9.88 Å². The van der Waals surface area contributed by atoms with Gasteiger partial charge in [-0.15, -0.1) is 24.8 Å². The summed E-state index contributed by atoms with van der Waals surface area (Å²) in [5, 5.41) is 0. The van der Waals surface area contributed by atoms with Crippen molar-refractivity contribution in [2.24, 2.45) is 5.73 Å². The van der Waals surface area contributed by atoms with Crippen LogP contribution in [0.5, 0.6) is 0 Å². The molecule has 19 heavy (non-hydrogen) atoms. The summed E-state index contributed by atoms with van der Waals surface area (Å²) in [6.07, 6.45) is 4.90. The van der Waals surface area contributed by atoms with Gasteiger partial charge in [0, 0.05) is 31.0 Å². The monoisotopic (exact) mass is 305 g/mol. The average Bonchev–Trinajstić information content (AvgIpc) is 2.39. The van der Waals surface area contributed by atoms with E-state index >= 15 is 0 Å². The van der Waals surface area contributed by atoms with Gasteiger partial charge < -0.3 is 10.6 Å². The Bertz CT molecular complexity index is 397. The van der Waals surface area contributed by atoms with E-state index in [2.05, 4.69) is 4.98 Å². The molecule has 108 valence electrons. The second kappa shape index (κ2) is 8.35. The standard InChI is InChI=1S/C13H19N3O.2ClH/c1-10-5-6-11(9-15-10)13(17)16-7-3-2-4-12(16)8-14;;/h5-6,9,12H,2-4,7-8,14H2,1H3;2*1H. The summed E-state index contributed by atoms with van der Waals surface area (Å²) in [6, 6.07) is 3.90. The summed E-state index contributed by atoms with van der Waals surface area (Å²) in [4.78, 5) is 18.4. The molecule has 1 aromatic heterocycles. The Morgan fingerprint density at radius 2 is 2.16 bits per heavy atom. The van der Waals surface area contributed by atoms with Gasteiger partial charge in [-0.3, -0.25) is 9.78 Å². The molecule has 0 spiro atoms. The lowest BCUT2D eigenvalue weighted by molar-refractivity contribution is 0.0623. The smallest absolute Gasteiger partial charge is 0.255 e. The first-order valence-electron chi connectivity index (χ1n) is 6.16. The maximum atomic E-state index is 12.3. The number of piperidine rings is 1. The summed E-state index contributed by atoms with van der Waals surface area (Å²) in [6.45, 7) is 3.28. The van der Waals surface area contributed by atoms with Crippen molar-refractivity contribution in [2.75, 3.05) is 13.1 Å². The van der Waals surface area contributed by atoms with Crippen molar-refractivity contribution in [3.8, 4) is 0 Å². The lowest BCUT2D eigenvalue weighted by Gasteiger charge is -2.35. The third kappa shape index (κ3) is 4.34. The molecule has 2 rings (SSSR count). The number of hydrogen-bond donors (Lipinski definition) is 1. The minimum atomic E-state index is 0. The number of nitrogens with two attached hydrogens (primary N) is 1. The van der Waals surface area contributed by atoms with Gasteiger partial charge in [0.15, 0.2) is 0 Å². The third-order valence-electron chi connectivity index (χ3n) is 3.32. The fourth-order valence-electron chi connectivity index (χ4n) is 2.27. The van der Waals surface area contributed by atoms with Crippen molar-refractivity contribution < 1.29 is 4.79 Å². The number of carbonyl (C=O) groups excluding carboxylic acids is 1. The molecule has 1 aromatic rings. The molecule has 0 aromatic carbocycles. The van der Waals surface area contributed by atoms with Crippen LogP contribution < -0.4 is 5.73 Å². The Balaban J connectivity index is 0.00000162. The number of nitrogens with zero attached hydrogens (tertiary/aromatic N) is 2. The number of amides is 1. The summed E-state index contributed by atoms with van der Waals surface area (Å²) >= 11 is 0. The lowest BCUT2D eigenvalue weighted by Crippen LogP contribution is -2.47. The van der Waals surface area contributed by atoms with Crippen LogP contribution in [-0.4, -0.2) is 34.9 Å². The molecule has 4 nitrogen and oxygen atoms in total. The lowest BCUT2D eigenvalue weighted by atomic mass is 10.0. The molecular weight excluding hydrogens is 285 g/mol. The van der Waals surface area contributed by atoms with E-state index in [9.17, 15) is 4.79 Å². The number of hydrogen-bond acceptors (Lipinski definition) is 3. The summed E-state index contributed by atoms with van der Waals surface area (Å²) in [7, 11) is 0. The van der Waals surface area contributed by atoms with E-state index < -0.39 is 0 Å². The Kier molecular flexibility index (Phi) is 7.99. The molecule has 0 saturated carbocycles. The molecule has 1 atom stereocenters. The zero-order valence-corrected chi connectivity index (χ0v) is 12.7. The van der Waals surface area contributed by atoms with E-state index in [0.717, 1.165) is 31.5 Å². The van der Waals surface area contributed by atoms with E-state index in [-0.39, 0.29) is 36.8 Å². The van der Waals surface area contributed by atoms with Gasteiger partial charge in [-0.2, -0.15) is 0 Å². The van der Waals surface area contributed by atoms with E-state index in [1.165, 1.54) is 0 Å². The molecule has 6 heteroatoms. The molecule has 1 saturated heterocycles. The van der Waals surface area contributed by atoms with Gasteiger partial charge in [0.1, 0.15) is 0 Å². The molecule has 2 heterocycles. The molecule has 1 unspecified atom stereocenters. The van der Waals surface area contributed by atoms with Crippen molar-refractivity contribution in [3.63, 3.8) is 0 Å². The molecule has 0 radical (unpaired) electrons. The minimum absolute atomic E-state index is 0. The molecule has 1 amide bonds. The molecule has 2 N–H and O–H groups in total. The topological polar surface area (TPSA) is 59.2 Å². The van der Waals surface area contributed by atoms with Gasteiger partial charge >= 0.3 is 0 Å². The first-order valence-corrected chi connectivity index (χ1v) is 6.16. The Morgan fingerprint density at radius 1 is 1.42 bits per heavy atom. The van der Waals surface area contributed by atoms with Crippen LogP contribution in [0.4, 0.5) is 0 Å². The largest absolute Gasteiger partial charge is 0.334 e. The second-order valence-electron chi connectivity index (χ2n) is 4.57. The maximum absolute atomic E-state index is 12.3. The van der Waals surface area contributed by atoms with Gasteiger partial charge in [-0.05, 0) is 38.3 Å². The highest BCUT2D eigenvalue weighted by atomic mass is 35.5. The SMILES string of the molecule is Cc1ccc(C(=O)N2CCCCC2CN)cn1.Cl.Cl. The first kappa shape index (κ1) is 18.2. The van der Waals surface area contributed by atoms with E-state index in [1.54, 1.807) is 6.20 Å². The third-order valence-corrected chi connectivity index (χ3v) is 3.32. The molecule has 0 aliphatic carbocycles. The second-order valence-corrected chi connectivity index (χ2v) is 4.57. The molecule has 1 aliphatic rings. The average molecular weight is 306 g/mol. The highest BCUT2D eigenvalue weighted by molar-refractivity contribution is 5.94. The highest BCUT2D eigenvalue weighted by Crippen LogP contribution is 2.18. The quantitative estimate of drug-likeness (QED) is 0.911. The van der Waals surface area contributed by atoms with Crippen LogP contribution >= 0.6 is 24.8 Å². The number of pyridine rings is 1. The fraction of sp³-hybridized carbons (Fsp3) is 0.538. The van der Waals surface area contributed by atoms with Crippen LogP contribution in [0, 0.1) is 6.92 Å². The molecular formula is C13H21Cl2N3O. The number of aryl methyl sites for hydroxylation is 1. The number of rotatable bonds is 2. The van der Waals surface area contributed by atoms with Crippen LogP contribution in [0.15, 0.2) is 18.3 Å². The van der Waals surface area contributed by atoms with Gasteiger partial charge in [0.2, 0.25) is 0 Å². The Morgan fingerprint density at radius 3 is 2.74 bits per heavy atom. The Hall–Kier alpha value is -0.840. The fourth-order valence-corrected chi connectivity index (χ4v) is 2.27. The molecule has 1 aliphatic heterocycles. The minimum Gasteiger partial charge on any atom is -0.334 e. The van der Waals surface area contributed by atoms with Crippen LogP contribution in [0.1, 0.15) is 35.3 Å². The van der Waals surface area contributed by atoms with Crippen molar-refractivity contribution in [1.29, 1.82) is 0 Å². The first-order chi connectivity index (χ1) is 8.22. The van der Waals surface area contributed by atoms with Gasteiger partial charge in [-0.25, -0.2) is 0 Å². The van der Waals surface area contributed by atoms with Crippen LogP contribution in [0.25, 0.3) is 0 Å². The van der Waals surface area contributed by atoms with Gasteiger partial charge in [-0.1, -0.05) is 0 Å². The van der Waals surface area contributed by atoms with Crippen molar-refractivity contribution in [3.05, 3.63) is 29.6 Å². The van der Waals surface area contributed by atoms with Gasteiger partial charge in [0.25, 0.3) is 5.91 Å². The molecule has 0 bridgehead atoms. The van der Waals surface area contributed by atoms with Crippen LogP contribution in [-0.2, 0) is 0 Å². The zero-order chi connectivity index (χ0) is 12.3. The van der Waals surface area contributed by atoms with E-state index in [0.29, 0.717) is 12.1 Å². The Labute approximate surface area is 126 Å². The van der Waals surface area contributed by atoms with Crippen molar-refractivity contribution >= 4 is 30.7 Å². The summed E-state index contributed by atoms with van der Waals surface area (Å²) in [5.41, 5.74) is 7.31. The zero-order valence-electron chi connectivity index (χ0n) is 11.0. The number of halogens is 2. The maximum Gasteiger partial charge on any atom is 0.255 e. The predicted molar refractivity (Wildman–Crippen MR) is 81.2 cm³/mol. The van der Waals surface area contributed by atoms with Gasteiger partial charge in [0.05, 0.1) is 5.56 Å². The number of likely N-dealkylation sites (tertiary alicyclic amines) is 1. The predicted octanol–water partition coefficient (Wildman–Crippen LogP) is 2.19. The van der Waals surface area contributed by atoms with E-state index in [4.69, 9.17) is 5.73 Å². The summed E-state index contributed by atoms with van der Waals surface area (Å²) < 4.78 is 0. The van der Waals surface area contributed by atoms with Crippen LogP contribution in [0.2, 0.25) is 0 Å². The normalized spacial score (nSPS) is 18.2. The van der Waals surface area contributed by atoms with Crippen LogP contribution in [0.3, 0.4) is 0 Å². The van der Waals surface area contributed by atoms with Crippen molar-refractivity contribution in [2.45, 2.75) is 32.2 Å². The number of carbonyl (C=O) groups is 1.